The highest BCUT2D eigenvalue weighted by atomic mass is 35.5. The number of aromatic nitrogens is 2. The summed E-state index contributed by atoms with van der Waals surface area (Å²) in [7, 11) is 0. The Hall–Kier alpha value is -1.55. The van der Waals surface area contributed by atoms with Gasteiger partial charge in [-0.25, -0.2) is 0 Å². The third kappa shape index (κ3) is 2.29. The zero-order valence-electron chi connectivity index (χ0n) is 11.8. The molecule has 1 aliphatic rings. The first-order valence-electron chi connectivity index (χ1n) is 6.86. The summed E-state index contributed by atoms with van der Waals surface area (Å²) in [5, 5.41) is 0.542. The number of hydrogen-bond acceptors (Lipinski definition) is 3. The third-order valence-corrected chi connectivity index (χ3v) is 3.73. The number of fused-ring (bicyclic) bond motifs is 1. The number of halogens is 1. The molecule has 0 unspecified atom stereocenters. The summed E-state index contributed by atoms with van der Waals surface area (Å²) in [6.45, 7) is 5.85. The Balaban J connectivity index is 2.29. The lowest BCUT2D eigenvalue weighted by molar-refractivity contribution is 0.288. The first-order valence-corrected chi connectivity index (χ1v) is 7.24. The van der Waals surface area contributed by atoms with Gasteiger partial charge in [0.2, 0.25) is 5.88 Å². The van der Waals surface area contributed by atoms with Crippen molar-refractivity contribution in [3.63, 3.8) is 0 Å². The Kier molecular flexibility index (Phi) is 3.21. The molecule has 5 heteroatoms. The van der Waals surface area contributed by atoms with Crippen molar-refractivity contribution in [1.29, 1.82) is 0 Å². The van der Waals surface area contributed by atoms with E-state index in [-0.39, 0.29) is 17.6 Å². The molecule has 1 saturated carbocycles. The second kappa shape index (κ2) is 4.77. The largest absolute Gasteiger partial charge is 0.474 e. The fourth-order valence-corrected chi connectivity index (χ4v) is 2.40. The molecule has 106 valence electrons. The highest BCUT2D eigenvalue weighted by Crippen LogP contribution is 2.29. The van der Waals surface area contributed by atoms with Crippen molar-refractivity contribution >= 4 is 17.2 Å². The van der Waals surface area contributed by atoms with Gasteiger partial charge in [0.1, 0.15) is 11.8 Å². The van der Waals surface area contributed by atoms with Crippen LogP contribution in [0.2, 0.25) is 5.02 Å². The van der Waals surface area contributed by atoms with E-state index in [1.54, 1.807) is 13.1 Å². The summed E-state index contributed by atoms with van der Waals surface area (Å²) in [5.74, 6) is 0.689. The number of rotatable bonds is 3. The summed E-state index contributed by atoms with van der Waals surface area (Å²) >= 11 is 6.11. The van der Waals surface area contributed by atoms with Gasteiger partial charge in [-0.05, 0) is 37.3 Å². The molecule has 0 atom stereocenters. The van der Waals surface area contributed by atoms with Gasteiger partial charge >= 0.3 is 0 Å². The number of pyridine rings is 1. The van der Waals surface area contributed by atoms with Crippen LogP contribution in [0.4, 0.5) is 0 Å². The molecular weight excluding hydrogens is 276 g/mol. The Bertz CT molecular complexity index is 733. The predicted octanol–water partition coefficient (Wildman–Crippen LogP) is 3.32. The molecule has 0 aromatic carbocycles. The van der Waals surface area contributed by atoms with Crippen molar-refractivity contribution in [2.45, 2.75) is 45.6 Å². The molecule has 0 aliphatic heterocycles. The Morgan fingerprint density at radius 3 is 2.75 bits per heavy atom. The monoisotopic (exact) mass is 292 g/mol. The van der Waals surface area contributed by atoms with Crippen molar-refractivity contribution < 1.29 is 4.74 Å². The van der Waals surface area contributed by atoms with Crippen LogP contribution in [0.3, 0.4) is 0 Å². The third-order valence-electron chi connectivity index (χ3n) is 3.52. The zero-order chi connectivity index (χ0) is 14.4. The van der Waals surface area contributed by atoms with E-state index in [4.69, 9.17) is 16.3 Å². The van der Waals surface area contributed by atoms with E-state index < -0.39 is 0 Å². The average Bonchev–Trinajstić information content (AvgIpc) is 3.19. The van der Waals surface area contributed by atoms with Crippen molar-refractivity contribution in [3.8, 4) is 5.88 Å². The molecule has 4 nitrogen and oxygen atoms in total. The van der Waals surface area contributed by atoms with E-state index in [0.717, 1.165) is 18.4 Å². The minimum Gasteiger partial charge on any atom is -0.474 e. The van der Waals surface area contributed by atoms with Crippen LogP contribution < -0.4 is 10.3 Å². The molecule has 0 radical (unpaired) electrons. The average molecular weight is 293 g/mol. The van der Waals surface area contributed by atoms with Crippen LogP contribution in [0.15, 0.2) is 17.1 Å². The molecule has 2 aromatic rings. The van der Waals surface area contributed by atoms with Gasteiger partial charge in [0.05, 0.1) is 10.6 Å². The molecule has 2 heterocycles. The van der Waals surface area contributed by atoms with Crippen molar-refractivity contribution in [3.05, 3.63) is 38.8 Å². The quantitative estimate of drug-likeness (QED) is 0.871. The van der Waals surface area contributed by atoms with Crippen molar-refractivity contribution in [2.24, 2.45) is 0 Å². The Morgan fingerprint density at radius 1 is 1.45 bits per heavy atom. The second-order valence-electron chi connectivity index (χ2n) is 5.63. The molecule has 0 bridgehead atoms. The van der Waals surface area contributed by atoms with E-state index in [1.807, 2.05) is 6.07 Å². The van der Waals surface area contributed by atoms with E-state index >= 15 is 0 Å². The van der Waals surface area contributed by atoms with Crippen LogP contribution in [-0.2, 0) is 0 Å². The van der Waals surface area contributed by atoms with Crippen molar-refractivity contribution in [1.82, 2.24) is 9.38 Å². The molecule has 0 N–H and O–H groups in total. The van der Waals surface area contributed by atoms with Crippen LogP contribution in [0.25, 0.3) is 5.65 Å². The van der Waals surface area contributed by atoms with Gasteiger partial charge in [0.25, 0.3) is 5.56 Å². The van der Waals surface area contributed by atoms with Crippen LogP contribution in [0, 0.1) is 6.92 Å². The van der Waals surface area contributed by atoms with E-state index in [2.05, 4.69) is 18.8 Å². The summed E-state index contributed by atoms with van der Waals surface area (Å²) in [6, 6.07) is 1.87. The van der Waals surface area contributed by atoms with E-state index in [1.165, 1.54) is 4.40 Å². The SMILES string of the molecule is Cc1c(OC2CC2)nc2c(C(C)C)cc(Cl)cn2c1=O. The predicted molar refractivity (Wildman–Crippen MR) is 78.9 cm³/mol. The van der Waals surface area contributed by atoms with Gasteiger partial charge in [0.15, 0.2) is 0 Å². The smallest absolute Gasteiger partial charge is 0.264 e. The minimum atomic E-state index is -0.116. The summed E-state index contributed by atoms with van der Waals surface area (Å²) < 4.78 is 7.27. The Labute approximate surface area is 122 Å². The molecule has 1 aliphatic carbocycles. The fraction of sp³-hybridized carbons (Fsp3) is 0.467. The van der Waals surface area contributed by atoms with Gasteiger partial charge in [-0.15, -0.1) is 0 Å². The van der Waals surface area contributed by atoms with Gasteiger partial charge in [-0.2, -0.15) is 4.98 Å². The van der Waals surface area contributed by atoms with Crippen molar-refractivity contribution in [2.75, 3.05) is 0 Å². The molecule has 1 fully saturated rings. The fourth-order valence-electron chi connectivity index (χ4n) is 2.18. The molecule has 2 aromatic heterocycles. The van der Waals surface area contributed by atoms with E-state index in [9.17, 15) is 4.79 Å². The zero-order valence-corrected chi connectivity index (χ0v) is 12.6. The molecule has 20 heavy (non-hydrogen) atoms. The molecule has 0 saturated heterocycles. The molecule has 0 amide bonds. The lowest BCUT2D eigenvalue weighted by atomic mass is 10.0. The summed E-state index contributed by atoms with van der Waals surface area (Å²) in [5.41, 5.74) is 2.01. The van der Waals surface area contributed by atoms with Gasteiger partial charge in [-0.1, -0.05) is 25.4 Å². The number of nitrogens with zero attached hydrogens (tertiary/aromatic N) is 2. The lowest BCUT2D eigenvalue weighted by Gasteiger charge is -2.14. The Morgan fingerprint density at radius 2 is 2.15 bits per heavy atom. The highest BCUT2D eigenvalue weighted by Gasteiger charge is 2.26. The van der Waals surface area contributed by atoms with Gasteiger partial charge in [0, 0.05) is 6.20 Å². The van der Waals surface area contributed by atoms with Crippen LogP contribution in [0.5, 0.6) is 5.88 Å². The van der Waals surface area contributed by atoms with E-state index in [0.29, 0.717) is 22.1 Å². The lowest BCUT2D eigenvalue weighted by Crippen LogP contribution is -2.21. The topological polar surface area (TPSA) is 43.6 Å². The number of hydrogen-bond donors (Lipinski definition) is 0. The minimum absolute atomic E-state index is 0.116. The molecule has 0 spiro atoms. The summed E-state index contributed by atoms with van der Waals surface area (Å²) in [4.78, 5) is 17.0. The van der Waals surface area contributed by atoms with Gasteiger partial charge in [-0.3, -0.25) is 9.20 Å². The first-order chi connectivity index (χ1) is 9.47. The maximum absolute atomic E-state index is 12.5. The first kappa shape index (κ1) is 13.4. The molecule has 3 rings (SSSR count). The summed E-state index contributed by atoms with van der Waals surface area (Å²) in [6.07, 6.45) is 3.92. The second-order valence-corrected chi connectivity index (χ2v) is 6.06. The number of ether oxygens (including phenoxy) is 1. The highest BCUT2D eigenvalue weighted by molar-refractivity contribution is 6.30. The van der Waals surface area contributed by atoms with Crippen LogP contribution in [0.1, 0.15) is 43.7 Å². The van der Waals surface area contributed by atoms with Gasteiger partial charge < -0.3 is 4.74 Å². The maximum atomic E-state index is 12.5. The standard InChI is InChI=1S/C15H17ClN2O2/c1-8(2)12-6-10(16)7-18-13(12)17-14(9(3)15(18)19)20-11-4-5-11/h6-8,11H,4-5H2,1-3H3. The normalized spacial score (nSPS) is 15.1. The van der Waals surface area contributed by atoms with Crippen LogP contribution >= 0.6 is 11.6 Å². The van der Waals surface area contributed by atoms with Crippen LogP contribution in [-0.4, -0.2) is 15.5 Å². The molecular formula is C15H17ClN2O2. The maximum Gasteiger partial charge on any atom is 0.264 e.